The molecule has 0 aromatic carbocycles. The van der Waals surface area contributed by atoms with Crippen LogP contribution in [0.25, 0.3) is 0 Å². The Bertz CT molecular complexity index is 269. The first kappa shape index (κ1) is 21.8. The van der Waals surface area contributed by atoms with Crippen LogP contribution in [0.1, 0.15) is 0 Å². The van der Waals surface area contributed by atoms with E-state index in [0.29, 0.717) is 18.0 Å². The zero-order valence-corrected chi connectivity index (χ0v) is 15.4. The van der Waals surface area contributed by atoms with Gasteiger partial charge in [0.1, 0.15) is 5.60 Å². The van der Waals surface area contributed by atoms with Crippen LogP contribution in [0.3, 0.4) is 0 Å². The summed E-state index contributed by atoms with van der Waals surface area (Å²) in [6.45, 7) is 3.70. The minimum atomic E-state index is -0.0938. The third-order valence-electron chi connectivity index (χ3n) is 2.73. The van der Waals surface area contributed by atoms with E-state index in [-0.39, 0.29) is 10.7 Å². The Morgan fingerprint density at radius 2 is 1.32 bits per heavy atom. The SMILES string of the molecule is COCC1(COC)CO1.COCC1(COC)CS1.NC(N)=S. The normalized spacial score (nSPS) is 19.1. The van der Waals surface area contributed by atoms with Crippen molar-refractivity contribution in [2.45, 2.75) is 10.3 Å². The molecule has 9 heteroatoms. The monoisotopic (exact) mass is 356 g/mol. The maximum atomic E-state index is 5.13. The van der Waals surface area contributed by atoms with Gasteiger partial charge in [-0.25, -0.2) is 0 Å². The smallest absolute Gasteiger partial charge is 0.160 e. The summed E-state index contributed by atoms with van der Waals surface area (Å²) in [5.41, 5.74) is 9.15. The molecular formula is C13H28N2O5S2. The Kier molecular flexibility index (Phi) is 11.3. The van der Waals surface area contributed by atoms with Gasteiger partial charge in [-0.2, -0.15) is 0 Å². The van der Waals surface area contributed by atoms with Crippen LogP contribution in [0.5, 0.6) is 0 Å². The number of thiocarbonyl (C=S) groups is 1. The minimum Gasteiger partial charge on any atom is -0.383 e. The molecule has 0 amide bonds. The van der Waals surface area contributed by atoms with E-state index in [0.717, 1.165) is 19.8 Å². The summed E-state index contributed by atoms with van der Waals surface area (Å²) in [7, 11) is 6.80. The molecule has 2 rings (SSSR count). The average molecular weight is 357 g/mol. The molecule has 0 atom stereocenters. The van der Waals surface area contributed by atoms with Crippen LogP contribution in [0.15, 0.2) is 0 Å². The topological polar surface area (TPSA) is 101 Å². The van der Waals surface area contributed by atoms with Crippen molar-refractivity contribution >= 4 is 29.1 Å². The van der Waals surface area contributed by atoms with Gasteiger partial charge in [0.15, 0.2) is 5.11 Å². The van der Waals surface area contributed by atoms with E-state index in [1.165, 1.54) is 5.75 Å². The van der Waals surface area contributed by atoms with Gasteiger partial charge in [0.05, 0.1) is 37.8 Å². The highest BCUT2D eigenvalue weighted by Crippen LogP contribution is 2.44. The second-order valence-corrected chi connectivity index (χ2v) is 6.99. The molecule has 4 N–H and O–H groups in total. The molecule has 2 saturated heterocycles. The summed E-state index contributed by atoms with van der Waals surface area (Å²) in [5, 5.41) is 0.000000000000000222. The lowest BCUT2D eigenvalue weighted by atomic mass is 10.2. The zero-order chi connectivity index (χ0) is 17.1. The number of rotatable bonds is 8. The lowest BCUT2D eigenvalue weighted by Crippen LogP contribution is -2.24. The Balaban J connectivity index is 0.000000326. The van der Waals surface area contributed by atoms with Gasteiger partial charge in [-0.15, -0.1) is 11.8 Å². The molecule has 2 heterocycles. The van der Waals surface area contributed by atoms with Crippen LogP contribution in [-0.4, -0.2) is 82.7 Å². The predicted octanol–water partition coefficient (Wildman–Crippen LogP) is 0.00170. The highest BCUT2D eigenvalue weighted by Gasteiger charge is 2.45. The molecule has 2 fully saturated rings. The lowest BCUT2D eigenvalue weighted by molar-refractivity contribution is 0.0573. The number of epoxide rings is 1. The van der Waals surface area contributed by atoms with Crippen LogP contribution in [0.2, 0.25) is 0 Å². The first-order valence-electron chi connectivity index (χ1n) is 6.68. The maximum Gasteiger partial charge on any atom is 0.160 e. The molecule has 0 aromatic rings. The van der Waals surface area contributed by atoms with E-state index in [1.807, 2.05) is 11.8 Å². The third-order valence-corrected chi connectivity index (χ3v) is 4.08. The Morgan fingerprint density at radius 1 is 1.00 bits per heavy atom. The van der Waals surface area contributed by atoms with Crippen LogP contribution in [0, 0.1) is 0 Å². The average Bonchev–Trinajstić information content (AvgIpc) is 3.32. The van der Waals surface area contributed by atoms with Crippen LogP contribution >= 0.6 is 24.0 Å². The van der Waals surface area contributed by atoms with Crippen LogP contribution in [0.4, 0.5) is 0 Å². The number of ether oxygens (including phenoxy) is 5. The molecule has 0 unspecified atom stereocenters. The molecule has 0 saturated carbocycles. The molecule has 2 aliphatic heterocycles. The first-order valence-corrected chi connectivity index (χ1v) is 8.07. The predicted molar refractivity (Wildman–Crippen MR) is 92.3 cm³/mol. The summed E-state index contributed by atoms with van der Waals surface area (Å²) < 4.78 is 25.3. The van der Waals surface area contributed by atoms with Crippen molar-refractivity contribution in [3.8, 4) is 0 Å². The fourth-order valence-electron chi connectivity index (χ4n) is 1.67. The van der Waals surface area contributed by atoms with E-state index < -0.39 is 0 Å². The van der Waals surface area contributed by atoms with E-state index in [4.69, 9.17) is 23.7 Å². The molecule has 0 bridgehead atoms. The second kappa shape index (κ2) is 11.4. The van der Waals surface area contributed by atoms with Gasteiger partial charge in [0, 0.05) is 34.2 Å². The van der Waals surface area contributed by atoms with Crippen molar-refractivity contribution in [3.63, 3.8) is 0 Å². The second-order valence-electron chi connectivity index (χ2n) is 5.08. The molecule has 0 radical (unpaired) electrons. The summed E-state index contributed by atoms with van der Waals surface area (Å²) in [5.74, 6) is 1.19. The van der Waals surface area contributed by atoms with E-state index in [9.17, 15) is 0 Å². The number of methoxy groups -OCH3 is 4. The summed E-state index contributed by atoms with van der Waals surface area (Å²) in [4.78, 5) is 0. The highest BCUT2D eigenvalue weighted by molar-refractivity contribution is 8.08. The van der Waals surface area contributed by atoms with E-state index >= 15 is 0 Å². The van der Waals surface area contributed by atoms with Crippen LogP contribution in [-0.2, 0) is 23.7 Å². The molecule has 0 aromatic heterocycles. The van der Waals surface area contributed by atoms with Gasteiger partial charge in [-0.3, -0.25) is 0 Å². The van der Waals surface area contributed by atoms with Gasteiger partial charge in [-0.05, 0) is 12.2 Å². The molecule has 7 nitrogen and oxygen atoms in total. The first-order chi connectivity index (χ1) is 10.4. The number of hydrogen-bond donors (Lipinski definition) is 2. The molecule has 22 heavy (non-hydrogen) atoms. The van der Waals surface area contributed by atoms with Crippen LogP contribution < -0.4 is 11.5 Å². The van der Waals surface area contributed by atoms with Crippen molar-refractivity contribution in [3.05, 3.63) is 0 Å². The molecule has 2 aliphatic rings. The zero-order valence-electron chi connectivity index (χ0n) is 13.8. The van der Waals surface area contributed by atoms with Gasteiger partial charge in [-0.1, -0.05) is 0 Å². The lowest BCUT2D eigenvalue weighted by Gasteiger charge is -2.09. The Morgan fingerprint density at radius 3 is 1.50 bits per heavy atom. The van der Waals surface area contributed by atoms with Gasteiger partial charge in [0.2, 0.25) is 0 Å². The molecule has 132 valence electrons. The number of hydrogen-bond acceptors (Lipinski definition) is 7. The van der Waals surface area contributed by atoms with Crippen molar-refractivity contribution in [2.75, 3.05) is 67.2 Å². The van der Waals surface area contributed by atoms with Gasteiger partial charge < -0.3 is 35.2 Å². The Labute approximate surface area is 142 Å². The molecule has 0 aliphatic carbocycles. The number of nitrogens with two attached hydrogens (primary N) is 2. The largest absolute Gasteiger partial charge is 0.383 e. The van der Waals surface area contributed by atoms with Gasteiger partial charge >= 0.3 is 0 Å². The quantitative estimate of drug-likeness (QED) is 0.459. The van der Waals surface area contributed by atoms with Crippen molar-refractivity contribution < 1.29 is 23.7 Å². The fourth-order valence-corrected chi connectivity index (χ4v) is 2.45. The van der Waals surface area contributed by atoms with Crippen molar-refractivity contribution in [1.82, 2.24) is 0 Å². The summed E-state index contributed by atoms with van der Waals surface area (Å²) in [6, 6.07) is 0. The fraction of sp³-hybridized carbons (Fsp3) is 0.923. The molecular weight excluding hydrogens is 328 g/mol. The van der Waals surface area contributed by atoms with E-state index in [2.05, 4.69) is 23.7 Å². The van der Waals surface area contributed by atoms with Crippen molar-refractivity contribution in [1.29, 1.82) is 0 Å². The Hall–Kier alpha value is -0.160. The standard InChI is InChI=1S/C6H12O3.C6H12O2S.CH4N2S/c2*1-7-3-6(4-8-2)5-9-6;2-1(3)4/h2*3-5H2,1-2H3;(H4,2,3,4). The number of thioether (sulfide) groups is 1. The highest BCUT2D eigenvalue weighted by atomic mass is 32.2. The molecule has 0 spiro atoms. The third kappa shape index (κ3) is 10.5. The van der Waals surface area contributed by atoms with E-state index in [1.54, 1.807) is 28.4 Å². The minimum absolute atomic E-state index is 0.000000000000000222. The van der Waals surface area contributed by atoms with Gasteiger partial charge in [0.25, 0.3) is 0 Å². The maximum absolute atomic E-state index is 5.13. The summed E-state index contributed by atoms with van der Waals surface area (Å²) >= 11 is 6.01. The summed E-state index contributed by atoms with van der Waals surface area (Å²) in [6.07, 6.45) is 0. The van der Waals surface area contributed by atoms with Crippen molar-refractivity contribution in [2.24, 2.45) is 11.5 Å².